The van der Waals surface area contributed by atoms with Crippen molar-refractivity contribution in [3.8, 4) is 0 Å². The van der Waals surface area contributed by atoms with E-state index in [-0.39, 0.29) is 110 Å². The number of amides is 2. The van der Waals surface area contributed by atoms with Gasteiger partial charge in [-0.2, -0.15) is 0 Å². The van der Waals surface area contributed by atoms with Crippen LogP contribution in [0.3, 0.4) is 0 Å². The first-order valence-corrected chi connectivity index (χ1v) is 32.2. The zero-order chi connectivity index (χ0) is 62.8. The van der Waals surface area contributed by atoms with Crippen LogP contribution in [0.25, 0.3) is 0 Å². The van der Waals surface area contributed by atoms with Crippen LogP contribution in [0, 0.1) is 51.0 Å². The number of nitrogens with zero attached hydrogens (tertiary/aromatic N) is 3. The van der Waals surface area contributed by atoms with E-state index >= 15 is 8.78 Å². The molecule has 4 saturated carbocycles. The summed E-state index contributed by atoms with van der Waals surface area (Å²) in [5.41, 5.74) is 4.30. The molecule has 4 aromatic rings. The molecule has 476 valence electrons. The predicted molar refractivity (Wildman–Crippen MR) is 335 cm³/mol. The molecule has 3 aromatic heterocycles. The third kappa shape index (κ3) is 12.0. The zero-order valence-corrected chi connectivity index (χ0v) is 54.4. The molecule has 10 atom stereocenters. The number of ether oxygens (including phenoxy) is 2. The molecule has 2 saturated heterocycles. The molecule has 0 radical (unpaired) electrons. The molecule has 8 aliphatic rings. The third-order valence-electron chi connectivity index (χ3n) is 21.4. The standard InChI is InChI=1S/C33H38Cl2FN3O4.C25H25Cl2FN2O3.C8H15NO2.ClH/c1-4-22(40)24-7-5-18(17-43-24)15-23(41)20-16-32(12-10-31(2,3)11-13-32)33(26(20)19-9-14-37-28(35)27(19)36)21-6-8-25(34)38-29(21)39-30(33)42;1-23(2)6-8-24(9-7-23)12-15(21(31)32)18(14-5-10-29-20(27)19(14)28)25(24)16-4-3-13(26)11-17(16)30-22(25)33;1-2-7(10)8-4-3-6(9)5-11-8;/h6,8-9,14,18,20,24,26H,4-5,7,10-13,15-17H2,1-3H3,(H,38,39,42);3-5,10-11,15,18H,6-9,12H2,1-2H3,(H,30,33)(H,31,32);6,8H,2-5,9H2,1H3;1H/t18-,20-,24-,26-,33+;15-,18+,25?;6-,8+;/m011./s1. The Kier molecular flexibility index (Phi) is 20.1. The van der Waals surface area contributed by atoms with E-state index < -0.39 is 69.0 Å². The minimum atomic E-state index is -1.25. The lowest BCUT2D eigenvalue weighted by atomic mass is 9.51. The predicted octanol–water partition coefficient (Wildman–Crippen LogP) is 14.3. The number of Topliss-reactive ketones (excluding diaryl/α,β-unsaturated/α-hetero) is 3. The fourth-order valence-electron chi connectivity index (χ4n) is 16.7. The van der Waals surface area contributed by atoms with Gasteiger partial charge in [0.15, 0.2) is 33.5 Å². The van der Waals surface area contributed by atoms with Crippen molar-refractivity contribution in [1.82, 2.24) is 15.0 Å². The number of anilines is 2. The summed E-state index contributed by atoms with van der Waals surface area (Å²) in [6.07, 6.45) is 13.4. The Balaban J connectivity index is 0.000000181. The Bertz CT molecular complexity index is 3360. The number of nitrogens with one attached hydrogen (secondary N) is 2. The number of pyridine rings is 3. The third-order valence-corrected chi connectivity index (χ3v) is 22.4. The van der Waals surface area contributed by atoms with E-state index in [1.54, 1.807) is 30.3 Å². The number of hydrogen-bond acceptors (Lipinski definition) is 12. The van der Waals surface area contributed by atoms with Gasteiger partial charge in [-0.1, -0.05) is 100 Å². The Morgan fingerprint density at radius 3 is 1.64 bits per heavy atom. The SMILES string of the molecule is CC1(C)CCC2(CC1)C[C@@H](C(=O)O)[C@H](c1ccnc(Cl)c1F)C21C(=O)Nc2cc(Cl)ccc21.CCC(=O)[C@@H]1CC[C@@H](CC(=O)[C@@H]2CC3(CCC(C)(C)CC3)[C@@]3(C(=O)Nc4nc(Cl)ccc43)[C@H]2c2ccnc(Cl)c2F)CO1.CCC(=O)[C@@H]1CC[C@@H](N)CO1.Cl. The van der Waals surface area contributed by atoms with Gasteiger partial charge >= 0.3 is 5.97 Å². The first-order chi connectivity index (χ1) is 41.2. The van der Waals surface area contributed by atoms with Crippen LogP contribution < -0.4 is 16.4 Å². The minimum Gasteiger partial charge on any atom is -0.481 e. The van der Waals surface area contributed by atoms with Crippen LogP contribution in [0.1, 0.15) is 185 Å². The highest BCUT2D eigenvalue weighted by atomic mass is 35.5. The van der Waals surface area contributed by atoms with Crippen molar-refractivity contribution in [2.24, 2.45) is 45.1 Å². The second-order valence-electron chi connectivity index (χ2n) is 27.3. The van der Waals surface area contributed by atoms with E-state index in [9.17, 15) is 33.9 Å². The maximum absolute atomic E-state index is 16.1. The van der Waals surface area contributed by atoms with Crippen LogP contribution in [-0.2, 0) is 49.1 Å². The summed E-state index contributed by atoms with van der Waals surface area (Å²) in [6.45, 7) is 13.4. The summed E-state index contributed by atoms with van der Waals surface area (Å²) in [6, 6.07) is 11.9. The molecule has 5 N–H and O–H groups in total. The lowest BCUT2D eigenvalue weighted by Crippen LogP contribution is -2.52. The normalized spacial score (nSPS) is 30.0. The van der Waals surface area contributed by atoms with Crippen LogP contribution in [0.15, 0.2) is 54.9 Å². The molecule has 1 unspecified atom stereocenters. The molecule has 88 heavy (non-hydrogen) atoms. The van der Waals surface area contributed by atoms with E-state index in [0.29, 0.717) is 98.7 Å². The summed E-state index contributed by atoms with van der Waals surface area (Å²) < 4.78 is 42.6. The number of rotatable bonds is 10. The van der Waals surface area contributed by atoms with E-state index in [0.717, 1.165) is 38.5 Å². The first kappa shape index (κ1) is 67.7. The number of carbonyl (C=O) groups is 6. The molecular weight excluding hydrogens is 1240 g/mol. The van der Waals surface area contributed by atoms with Crippen molar-refractivity contribution in [3.63, 3.8) is 0 Å². The van der Waals surface area contributed by atoms with Gasteiger partial charge in [0.05, 0.1) is 30.0 Å². The molecule has 12 rings (SSSR count). The van der Waals surface area contributed by atoms with E-state index in [4.69, 9.17) is 61.6 Å². The zero-order valence-electron chi connectivity index (χ0n) is 50.6. The molecular formula is C66H79Cl5F2N6O9. The number of benzene rings is 1. The van der Waals surface area contributed by atoms with E-state index in [2.05, 4.69) is 53.3 Å². The van der Waals surface area contributed by atoms with Gasteiger partial charge in [0.25, 0.3) is 0 Å². The number of ketones is 3. The lowest BCUT2D eigenvalue weighted by molar-refractivity contribution is -0.142. The maximum atomic E-state index is 16.1. The second-order valence-corrected chi connectivity index (χ2v) is 28.8. The Labute approximate surface area is 539 Å². The smallest absolute Gasteiger partial charge is 0.307 e. The summed E-state index contributed by atoms with van der Waals surface area (Å²) in [4.78, 5) is 91.2. The van der Waals surface area contributed by atoms with Crippen LogP contribution in [-0.4, -0.2) is 86.7 Å². The molecule has 15 nitrogen and oxygen atoms in total. The number of nitrogens with two attached hydrogens (primary N) is 1. The van der Waals surface area contributed by atoms with Gasteiger partial charge in [-0.25, -0.2) is 23.7 Å². The summed E-state index contributed by atoms with van der Waals surface area (Å²) in [5.74, 6) is -5.83. The number of carboxylic acid groups (broad SMARTS) is 1. The fraction of sp³-hybridized carbons (Fsp3) is 0.591. The van der Waals surface area contributed by atoms with Gasteiger partial charge < -0.3 is 30.9 Å². The van der Waals surface area contributed by atoms with Crippen molar-refractivity contribution in [2.45, 2.75) is 192 Å². The largest absolute Gasteiger partial charge is 0.481 e. The lowest BCUT2D eigenvalue weighted by Gasteiger charge is -2.50. The van der Waals surface area contributed by atoms with Crippen molar-refractivity contribution >= 4 is 105 Å². The van der Waals surface area contributed by atoms with E-state index in [1.165, 1.54) is 18.5 Å². The molecule has 2 amide bonds. The Morgan fingerprint density at radius 1 is 0.648 bits per heavy atom. The van der Waals surface area contributed by atoms with Gasteiger partial charge in [-0.15, -0.1) is 12.4 Å². The number of hydrogen-bond donors (Lipinski definition) is 4. The number of aliphatic carboxylic acids is 1. The Hall–Kier alpha value is -4.72. The monoisotopic (exact) mass is 1310 g/mol. The summed E-state index contributed by atoms with van der Waals surface area (Å²) in [7, 11) is 0. The number of carboxylic acids is 1. The molecule has 4 aliphatic heterocycles. The molecule has 1 aromatic carbocycles. The highest BCUT2D eigenvalue weighted by Crippen LogP contribution is 2.74. The van der Waals surface area contributed by atoms with Crippen molar-refractivity contribution in [2.75, 3.05) is 23.8 Å². The minimum absolute atomic E-state index is 0. The number of fused-ring (bicyclic) bond motifs is 6. The molecule has 0 bridgehead atoms. The summed E-state index contributed by atoms with van der Waals surface area (Å²) >= 11 is 24.8. The van der Waals surface area contributed by atoms with Gasteiger partial charge in [0, 0.05) is 71.7 Å². The summed E-state index contributed by atoms with van der Waals surface area (Å²) in [5, 5.41) is 16.4. The highest BCUT2D eigenvalue weighted by Gasteiger charge is 2.74. The average Bonchev–Trinajstić information content (AvgIpc) is 1.53. The highest BCUT2D eigenvalue weighted by molar-refractivity contribution is 6.31. The van der Waals surface area contributed by atoms with Crippen LogP contribution in [0.5, 0.6) is 0 Å². The van der Waals surface area contributed by atoms with Crippen LogP contribution >= 0.6 is 58.8 Å². The van der Waals surface area contributed by atoms with Crippen molar-refractivity contribution in [1.29, 1.82) is 0 Å². The molecule has 4 spiro atoms. The molecule has 22 heteroatoms. The van der Waals surface area contributed by atoms with Gasteiger partial charge in [0.2, 0.25) is 11.8 Å². The quantitative estimate of drug-likeness (QED) is 0.108. The van der Waals surface area contributed by atoms with Crippen LogP contribution in [0.4, 0.5) is 20.3 Å². The number of aromatic nitrogens is 3. The maximum Gasteiger partial charge on any atom is 0.307 e. The fourth-order valence-corrected chi connectivity index (χ4v) is 17.4. The Morgan fingerprint density at radius 2 is 1.14 bits per heavy atom. The molecule has 6 fully saturated rings. The first-order valence-electron chi connectivity index (χ1n) is 30.7. The topological polar surface area (TPSA) is 230 Å². The van der Waals surface area contributed by atoms with Gasteiger partial charge in [-0.05, 0) is 164 Å². The molecule has 4 aliphatic carbocycles. The van der Waals surface area contributed by atoms with Crippen LogP contribution in [0.2, 0.25) is 20.5 Å². The van der Waals surface area contributed by atoms with Gasteiger partial charge in [-0.3, -0.25) is 28.8 Å². The number of halogens is 7. The van der Waals surface area contributed by atoms with Gasteiger partial charge in [0.1, 0.15) is 29.0 Å². The average molecular weight is 1320 g/mol. The second kappa shape index (κ2) is 26.1. The van der Waals surface area contributed by atoms with Crippen molar-refractivity contribution < 1.29 is 52.1 Å². The van der Waals surface area contributed by atoms with Crippen molar-refractivity contribution in [3.05, 3.63) is 109 Å². The van der Waals surface area contributed by atoms with E-state index in [1.807, 2.05) is 19.9 Å². The molecule has 7 heterocycles. The number of carbonyl (C=O) groups excluding carboxylic acids is 5.